The quantitative estimate of drug-likeness (QED) is 0.403. The van der Waals surface area contributed by atoms with Crippen LogP contribution in [0.4, 0.5) is 0 Å². The number of rotatable bonds is 2. The standard InChI is InChI=1S/C7H7ClN2S/c1-3-5-4-9-7(11-2)10-6(5)8/h3-4H,1H2,2H3. The summed E-state index contributed by atoms with van der Waals surface area (Å²) in [5, 5.41) is 1.14. The molecule has 11 heavy (non-hydrogen) atoms. The maximum atomic E-state index is 5.77. The largest absolute Gasteiger partial charge is 0.230 e. The number of nitrogens with zero attached hydrogens (tertiary/aromatic N) is 2. The normalized spacial score (nSPS) is 9.64. The SMILES string of the molecule is C=Cc1cnc(SC)nc1Cl. The molecule has 1 rings (SSSR count). The van der Waals surface area contributed by atoms with Crippen molar-refractivity contribution in [3.8, 4) is 0 Å². The molecule has 0 bridgehead atoms. The van der Waals surface area contributed by atoms with Gasteiger partial charge in [0.25, 0.3) is 0 Å². The van der Waals surface area contributed by atoms with Crippen LogP contribution in [0.5, 0.6) is 0 Å². The van der Waals surface area contributed by atoms with Crippen LogP contribution in [0.2, 0.25) is 5.15 Å². The van der Waals surface area contributed by atoms with Crippen molar-refractivity contribution in [3.63, 3.8) is 0 Å². The van der Waals surface area contributed by atoms with E-state index in [2.05, 4.69) is 16.5 Å². The molecule has 0 saturated carbocycles. The Hall–Kier alpha value is -0.540. The van der Waals surface area contributed by atoms with E-state index in [1.165, 1.54) is 11.8 Å². The Bertz CT molecular complexity index is 275. The Morgan fingerprint density at radius 3 is 2.91 bits per heavy atom. The molecular weight excluding hydrogens is 180 g/mol. The van der Waals surface area contributed by atoms with Crippen molar-refractivity contribution in [2.75, 3.05) is 6.26 Å². The highest BCUT2D eigenvalue weighted by Crippen LogP contribution is 2.16. The van der Waals surface area contributed by atoms with Crippen LogP contribution in [0.1, 0.15) is 5.56 Å². The van der Waals surface area contributed by atoms with Crippen LogP contribution in [0.25, 0.3) is 6.08 Å². The van der Waals surface area contributed by atoms with E-state index in [9.17, 15) is 0 Å². The van der Waals surface area contributed by atoms with Crippen molar-refractivity contribution < 1.29 is 0 Å². The zero-order valence-corrected chi connectivity index (χ0v) is 7.61. The first-order chi connectivity index (χ1) is 5.27. The summed E-state index contributed by atoms with van der Waals surface area (Å²) in [6, 6.07) is 0. The Morgan fingerprint density at radius 2 is 2.45 bits per heavy atom. The Balaban J connectivity index is 3.09. The van der Waals surface area contributed by atoms with E-state index in [0.29, 0.717) is 10.3 Å². The van der Waals surface area contributed by atoms with Crippen molar-refractivity contribution in [1.82, 2.24) is 9.97 Å². The molecule has 1 heterocycles. The fourth-order valence-electron chi connectivity index (χ4n) is 0.591. The van der Waals surface area contributed by atoms with E-state index in [0.717, 1.165) is 5.56 Å². The summed E-state index contributed by atoms with van der Waals surface area (Å²) in [6.45, 7) is 3.58. The van der Waals surface area contributed by atoms with Gasteiger partial charge in [0.1, 0.15) is 5.15 Å². The molecule has 0 aliphatic heterocycles. The van der Waals surface area contributed by atoms with Gasteiger partial charge in [-0.05, 0) is 6.26 Å². The first-order valence-electron chi connectivity index (χ1n) is 2.97. The molecule has 0 fully saturated rings. The predicted molar refractivity (Wildman–Crippen MR) is 48.9 cm³/mol. The molecule has 2 nitrogen and oxygen atoms in total. The molecule has 0 N–H and O–H groups in total. The van der Waals surface area contributed by atoms with Crippen LogP contribution in [0.3, 0.4) is 0 Å². The monoisotopic (exact) mass is 186 g/mol. The fraction of sp³-hybridized carbons (Fsp3) is 0.143. The van der Waals surface area contributed by atoms with Crippen LogP contribution in [-0.4, -0.2) is 16.2 Å². The van der Waals surface area contributed by atoms with Crippen LogP contribution in [0.15, 0.2) is 17.9 Å². The Kier molecular flexibility index (Phi) is 2.91. The van der Waals surface area contributed by atoms with E-state index < -0.39 is 0 Å². The molecule has 0 spiro atoms. The van der Waals surface area contributed by atoms with E-state index in [1.54, 1.807) is 12.3 Å². The third-order valence-electron chi connectivity index (χ3n) is 1.15. The highest BCUT2D eigenvalue weighted by Gasteiger charge is 1.99. The van der Waals surface area contributed by atoms with Gasteiger partial charge >= 0.3 is 0 Å². The summed E-state index contributed by atoms with van der Waals surface area (Å²) < 4.78 is 0. The fourth-order valence-corrected chi connectivity index (χ4v) is 1.19. The van der Waals surface area contributed by atoms with Gasteiger partial charge in [-0.15, -0.1) is 0 Å². The van der Waals surface area contributed by atoms with Gasteiger partial charge in [0.05, 0.1) is 0 Å². The van der Waals surface area contributed by atoms with Crippen molar-refractivity contribution in [1.29, 1.82) is 0 Å². The lowest BCUT2D eigenvalue weighted by Gasteiger charge is -1.97. The van der Waals surface area contributed by atoms with Gasteiger partial charge in [-0.2, -0.15) is 0 Å². The molecule has 4 heteroatoms. The van der Waals surface area contributed by atoms with Crippen LogP contribution >= 0.6 is 23.4 Å². The minimum atomic E-state index is 0.458. The van der Waals surface area contributed by atoms with Gasteiger partial charge in [0.15, 0.2) is 5.16 Å². The van der Waals surface area contributed by atoms with E-state index in [4.69, 9.17) is 11.6 Å². The van der Waals surface area contributed by atoms with Gasteiger partial charge in [0.2, 0.25) is 0 Å². The molecule has 0 aliphatic rings. The van der Waals surface area contributed by atoms with Gasteiger partial charge in [0, 0.05) is 11.8 Å². The lowest BCUT2D eigenvalue weighted by atomic mass is 10.3. The van der Waals surface area contributed by atoms with Crippen LogP contribution in [-0.2, 0) is 0 Å². The van der Waals surface area contributed by atoms with Gasteiger partial charge in [-0.25, -0.2) is 9.97 Å². The lowest BCUT2D eigenvalue weighted by Crippen LogP contribution is -1.87. The molecule has 0 aliphatic carbocycles. The number of halogens is 1. The number of thioether (sulfide) groups is 1. The summed E-state index contributed by atoms with van der Waals surface area (Å²) in [4.78, 5) is 8.03. The van der Waals surface area contributed by atoms with Gasteiger partial charge < -0.3 is 0 Å². The third-order valence-corrected chi connectivity index (χ3v) is 2.01. The summed E-state index contributed by atoms with van der Waals surface area (Å²) in [5.41, 5.74) is 0.768. The van der Waals surface area contributed by atoms with Crippen LogP contribution in [0, 0.1) is 0 Å². The van der Waals surface area contributed by atoms with E-state index in [-0.39, 0.29) is 0 Å². The maximum absolute atomic E-state index is 5.77. The van der Waals surface area contributed by atoms with E-state index in [1.807, 2.05) is 6.26 Å². The van der Waals surface area contributed by atoms with Crippen molar-refractivity contribution in [3.05, 3.63) is 23.5 Å². The summed E-state index contributed by atoms with van der Waals surface area (Å²) in [7, 11) is 0. The minimum Gasteiger partial charge on any atom is -0.230 e. The smallest absolute Gasteiger partial charge is 0.188 e. The molecule has 0 unspecified atom stereocenters. The van der Waals surface area contributed by atoms with Gasteiger partial charge in [-0.3, -0.25) is 0 Å². The zero-order chi connectivity index (χ0) is 8.27. The number of hydrogen-bond acceptors (Lipinski definition) is 3. The second-order valence-corrected chi connectivity index (χ2v) is 2.94. The minimum absolute atomic E-state index is 0.458. The highest BCUT2D eigenvalue weighted by atomic mass is 35.5. The summed E-state index contributed by atoms with van der Waals surface area (Å²) in [5.74, 6) is 0. The van der Waals surface area contributed by atoms with Gasteiger partial charge in [-0.1, -0.05) is 36.0 Å². The number of aromatic nitrogens is 2. The average molecular weight is 187 g/mol. The second-order valence-electron chi connectivity index (χ2n) is 1.81. The third kappa shape index (κ3) is 1.94. The number of hydrogen-bond donors (Lipinski definition) is 0. The van der Waals surface area contributed by atoms with Crippen molar-refractivity contribution in [2.45, 2.75) is 5.16 Å². The topological polar surface area (TPSA) is 25.8 Å². The van der Waals surface area contributed by atoms with Crippen molar-refractivity contribution in [2.24, 2.45) is 0 Å². The summed E-state index contributed by atoms with van der Waals surface area (Å²) >= 11 is 7.23. The Morgan fingerprint density at radius 1 is 1.73 bits per heavy atom. The molecule has 0 saturated heterocycles. The second kappa shape index (κ2) is 3.74. The first kappa shape index (κ1) is 8.56. The molecule has 0 amide bonds. The molecule has 0 radical (unpaired) electrons. The maximum Gasteiger partial charge on any atom is 0.188 e. The zero-order valence-electron chi connectivity index (χ0n) is 6.04. The van der Waals surface area contributed by atoms with Crippen molar-refractivity contribution >= 4 is 29.4 Å². The predicted octanol–water partition coefficient (Wildman–Crippen LogP) is 2.49. The first-order valence-corrected chi connectivity index (χ1v) is 4.57. The van der Waals surface area contributed by atoms with Crippen LogP contribution < -0.4 is 0 Å². The Labute approximate surface area is 74.7 Å². The molecule has 0 atom stereocenters. The molecule has 1 aromatic heterocycles. The lowest BCUT2D eigenvalue weighted by molar-refractivity contribution is 0.966. The molecule has 1 aromatic rings. The molecule has 0 aromatic carbocycles. The molecule has 58 valence electrons. The molecular formula is C7H7ClN2S. The van der Waals surface area contributed by atoms with E-state index >= 15 is 0 Å². The average Bonchev–Trinajstić information content (AvgIpc) is 2.04. The summed E-state index contributed by atoms with van der Waals surface area (Å²) in [6.07, 6.45) is 5.19. The highest BCUT2D eigenvalue weighted by molar-refractivity contribution is 7.98.